The van der Waals surface area contributed by atoms with Crippen LogP contribution in [-0.4, -0.2) is 43.5 Å². The summed E-state index contributed by atoms with van der Waals surface area (Å²) in [6.07, 6.45) is 5.16. The Morgan fingerprint density at radius 3 is 3.00 bits per heavy atom. The number of fused-ring (bicyclic) bond motifs is 2. The molecule has 0 radical (unpaired) electrons. The molecule has 0 N–H and O–H groups in total. The predicted octanol–water partition coefficient (Wildman–Crippen LogP) is 1.58. The van der Waals surface area contributed by atoms with Crippen molar-refractivity contribution in [3.8, 4) is 0 Å². The highest BCUT2D eigenvalue weighted by molar-refractivity contribution is 5.78. The third-order valence-corrected chi connectivity index (χ3v) is 7.22. The SMILES string of the molecule is Cc1ccc(N2C[C@@H]3[C@@H]4C2[C@@]34c2noc(Cn3cnc4c(c3=O)C(C)C=N4)n2)nc1. The Bertz CT molecular complexity index is 1290. The second-order valence-electron chi connectivity index (χ2n) is 8.85. The zero-order valence-electron chi connectivity index (χ0n) is 16.6. The number of rotatable bonds is 4. The summed E-state index contributed by atoms with van der Waals surface area (Å²) < 4.78 is 7.05. The summed E-state index contributed by atoms with van der Waals surface area (Å²) in [6.45, 7) is 5.20. The van der Waals surface area contributed by atoms with Gasteiger partial charge in [-0.2, -0.15) is 4.98 Å². The van der Waals surface area contributed by atoms with Crippen LogP contribution in [0.3, 0.4) is 0 Å². The first-order valence-corrected chi connectivity index (χ1v) is 10.2. The van der Waals surface area contributed by atoms with E-state index in [1.807, 2.05) is 20.0 Å². The van der Waals surface area contributed by atoms with E-state index in [4.69, 9.17) is 4.52 Å². The van der Waals surface area contributed by atoms with Crippen molar-refractivity contribution in [2.75, 3.05) is 11.4 Å². The molecule has 3 aliphatic heterocycles. The van der Waals surface area contributed by atoms with E-state index in [9.17, 15) is 4.79 Å². The summed E-state index contributed by atoms with van der Waals surface area (Å²) >= 11 is 0. The molecule has 9 heteroatoms. The van der Waals surface area contributed by atoms with Gasteiger partial charge in [-0.15, -0.1) is 0 Å². The molecular formula is C21H19N7O2. The molecule has 9 nitrogen and oxygen atoms in total. The summed E-state index contributed by atoms with van der Waals surface area (Å²) in [5.41, 5.74) is 1.69. The third-order valence-electron chi connectivity index (χ3n) is 7.22. The molecule has 2 unspecified atom stereocenters. The number of piperidine rings is 1. The second-order valence-corrected chi connectivity index (χ2v) is 8.85. The third kappa shape index (κ3) is 1.88. The maximum Gasteiger partial charge on any atom is 0.259 e. The highest BCUT2D eigenvalue weighted by atomic mass is 16.5. The molecule has 0 aromatic carbocycles. The molecule has 0 spiro atoms. The Balaban J connectivity index is 1.14. The lowest BCUT2D eigenvalue weighted by Crippen LogP contribution is -2.25. The number of hydrogen-bond acceptors (Lipinski definition) is 8. The predicted molar refractivity (Wildman–Crippen MR) is 107 cm³/mol. The van der Waals surface area contributed by atoms with Gasteiger partial charge in [0.25, 0.3) is 5.56 Å². The van der Waals surface area contributed by atoms with E-state index in [-0.39, 0.29) is 23.4 Å². The van der Waals surface area contributed by atoms with Crippen molar-refractivity contribution in [2.24, 2.45) is 16.8 Å². The first-order valence-electron chi connectivity index (χ1n) is 10.2. The van der Waals surface area contributed by atoms with Gasteiger partial charge in [-0.25, -0.2) is 15.0 Å². The fourth-order valence-electron chi connectivity index (χ4n) is 5.61. The molecule has 2 saturated heterocycles. The largest absolute Gasteiger partial charge is 0.352 e. The van der Waals surface area contributed by atoms with Gasteiger partial charge >= 0.3 is 0 Å². The van der Waals surface area contributed by atoms with Crippen molar-refractivity contribution < 1.29 is 4.52 Å². The topological polar surface area (TPSA) is 102 Å². The fourth-order valence-corrected chi connectivity index (χ4v) is 5.61. The Labute approximate surface area is 171 Å². The van der Waals surface area contributed by atoms with E-state index in [2.05, 4.69) is 42.1 Å². The molecule has 4 fully saturated rings. The van der Waals surface area contributed by atoms with Crippen LogP contribution in [0, 0.1) is 18.8 Å². The average molecular weight is 401 g/mol. The fraction of sp³-hybridized carbons (Fsp3) is 0.429. The van der Waals surface area contributed by atoms with Crippen LogP contribution in [0.4, 0.5) is 11.6 Å². The number of pyridine rings is 1. The zero-order valence-corrected chi connectivity index (χ0v) is 16.6. The quantitative estimate of drug-likeness (QED) is 0.654. The van der Waals surface area contributed by atoms with Gasteiger partial charge in [-0.05, 0) is 24.5 Å². The summed E-state index contributed by atoms with van der Waals surface area (Å²) in [7, 11) is 0. The van der Waals surface area contributed by atoms with Crippen molar-refractivity contribution in [1.82, 2.24) is 24.7 Å². The number of aromatic nitrogens is 5. The lowest BCUT2D eigenvalue weighted by Gasteiger charge is -2.17. The smallest absolute Gasteiger partial charge is 0.259 e. The average Bonchev–Trinajstić information content (AvgIpc) is 3.21. The van der Waals surface area contributed by atoms with Gasteiger partial charge in [0.15, 0.2) is 11.6 Å². The van der Waals surface area contributed by atoms with E-state index in [1.165, 1.54) is 10.9 Å². The monoisotopic (exact) mass is 401 g/mol. The zero-order chi connectivity index (χ0) is 20.2. The normalized spacial score (nSPS) is 31.7. The number of anilines is 1. The summed E-state index contributed by atoms with van der Waals surface area (Å²) in [5, 5.41) is 4.29. The highest BCUT2D eigenvalue weighted by Gasteiger charge is 2.95. The van der Waals surface area contributed by atoms with Crippen LogP contribution < -0.4 is 10.5 Å². The Morgan fingerprint density at radius 2 is 2.20 bits per heavy atom. The molecule has 5 aliphatic rings. The molecule has 8 rings (SSSR count). The van der Waals surface area contributed by atoms with Gasteiger partial charge < -0.3 is 9.42 Å². The standard InChI is InChI=1S/C21H19N7O2/c1-10-3-4-13(22-5-10)28-7-12-16-17(28)21(12,16)20-25-14(30-26-20)8-27-9-24-18-15(19(27)29)11(2)6-23-18/h3-6,9,11-12,16-17H,7-8H2,1-2H3/t11?,12-,16-,17?,21-/m1/s1. The minimum absolute atomic E-state index is 0.0117. The lowest BCUT2D eigenvalue weighted by molar-refractivity contribution is 0.361. The maximum absolute atomic E-state index is 12.8. The van der Waals surface area contributed by atoms with Gasteiger partial charge in [-0.1, -0.05) is 18.1 Å². The first-order chi connectivity index (χ1) is 14.6. The van der Waals surface area contributed by atoms with Crippen molar-refractivity contribution in [3.05, 3.63) is 57.9 Å². The van der Waals surface area contributed by atoms with Crippen molar-refractivity contribution >= 4 is 17.9 Å². The molecule has 3 aromatic heterocycles. The van der Waals surface area contributed by atoms with Crippen LogP contribution in [0.15, 0.2) is 39.0 Å². The van der Waals surface area contributed by atoms with Gasteiger partial charge in [0.2, 0.25) is 5.89 Å². The summed E-state index contributed by atoms with van der Waals surface area (Å²) in [6, 6.07) is 4.59. The molecule has 2 saturated carbocycles. The van der Waals surface area contributed by atoms with Crippen LogP contribution in [0.25, 0.3) is 0 Å². The van der Waals surface area contributed by atoms with Crippen LogP contribution in [0.2, 0.25) is 0 Å². The molecule has 6 heterocycles. The maximum atomic E-state index is 12.8. The van der Waals surface area contributed by atoms with E-state index in [0.717, 1.165) is 23.8 Å². The molecule has 30 heavy (non-hydrogen) atoms. The Morgan fingerprint density at radius 1 is 1.30 bits per heavy atom. The van der Waals surface area contributed by atoms with E-state index < -0.39 is 0 Å². The van der Waals surface area contributed by atoms with Crippen LogP contribution in [0.5, 0.6) is 0 Å². The molecular weight excluding hydrogens is 382 g/mol. The minimum Gasteiger partial charge on any atom is -0.352 e. The lowest BCUT2D eigenvalue weighted by atomic mass is 10.1. The summed E-state index contributed by atoms with van der Waals surface area (Å²) in [4.78, 5) is 32.9. The molecule has 2 bridgehead atoms. The van der Waals surface area contributed by atoms with Crippen molar-refractivity contribution in [1.29, 1.82) is 0 Å². The van der Waals surface area contributed by atoms with Crippen LogP contribution >= 0.6 is 0 Å². The molecule has 3 aromatic rings. The number of nitrogens with zero attached hydrogens (tertiary/aromatic N) is 7. The Kier molecular flexibility index (Phi) is 2.86. The Hall–Kier alpha value is -3.36. The molecule has 0 amide bonds. The highest BCUT2D eigenvalue weighted by Crippen LogP contribution is 2.85. The van der Waals surface area contributed by atoms with Gasteiger partial charge in [0, 0.05) is 36.8 Å². The van der Waals surface area contributed by atoms with Crippen molar-refractivity contribution in [2.45, 2.75) is 37.8 Å². The number of aryl methyl sites for hydroxylation is 1. The van der Waals surface area contributed by atoms with E-state index >= 15 is 0 Å². The molecule has 2 aliphatic carbocycles. The van der Waals surface area contributed by atoms with Crippen molar-refractivity contribution in [3.63, 3.8) is 0 Å². The number of hydrogen-bond donors (Lipinski definition) is 0. The number of aliphatic imine (C=N–C) groups is 1. The molecule has 5 atom stereocenters. The van der Waals surface area contributed by atoms with Gasteiger partial charge in [0.05, 0.1) is 11.0 Å². The van der Waals surface area contributed by atoms with E-state index in [0.29, 0.717) is 35.1 Å². The van der Waals surface area contributed by atoms with Crippen LogP contribution in [-0.2, 0) is 12.0 Å². The van der Waals surface area contributed by atoms with Gasteiger partial charge in [0.1, 0.15) is 18.7 Å². The van der Waals surface area contributed by atoms with E-state index in [1.54, 1.807) is 6.21 Å². The molecule has 150 valence electrons. The first kappa shape index (κ1) is 16.4. The summed E-state index contributed by atoms with van der Waals surface area (Å²) in [5.74, 6) is 3.87. The second kappa shape index (κ2) is 5.21. The minimum atomic E-state index is -0.102. The van der Waals surface area contributed by atoms with Crippen LogP contribution in [0.1, 0.15) is 35.7 Å². The van der Waals surface area contributed by atoms with Gasteiger partial charge in [-0.3, -0.25) is 9.36 Å².